The maximum atomic E-state index is 10.8. The summed E-state index contributed by atoms with van der Waals surface area (Å²) in [6.07, 6.45) is -0.734. The Morgan fingerprint density at radius 1 is 0.840 bits per heavy atom. The summed E-state index contributed by atoms with van der Waals surface area (Å²) in [7, 11) is 3.26. The van der Waals surface area contributed by atoms with Crippen LogP contribution < -0.4 is 4.74 Å². The summed E-state index contributed by atoms with van der Waals surface area (Å²) >= 11 is 0. The Morgan fingerprint density at radius 3 is 2.04 bits per heavy atom. The molecule has 136 valence electrons. The molecule has 4 heteroatoms. The summed E-state index contributed by atoms with van der Waals surface area (Å²) in [6, 6.07) is 17.6. The van der Waals surface area contributed by atoms with Gasteiger partial charge in [0.1, 0.15) is 12.5 Å². The van der Waals surface area contributed by atoms with Crippen LogP contribution in [-0.2, 0) is 9.47 Å². The van der Waals surface area contributed by atoms with Gasteiger partial charge >= 0.3 is 0 Å². The molecule has 0 fully saturated rings. The molecule has 2 aromatic carbocycles. The van der Waals surface area contributed by atoms with Crippen molar-refractivity contribution in [3.63, 3.8) is 0 Å². The molecule has 0 unspecified atom stereocenters. The highest BCUT2D eigenvalue weighted by Crippen LogP contribution is 2.37. The number of hydrogen-bond acceptors (Lipinski definition) is 4. The van der Waals surface area contributed by atoms with E-state index in [-0.39, 0.29) is 24.7 Å². The van der Waals surface area contributed by atoms with Gasteiger partial charge in [0, 0.05) is 7.11 Å². The van der Waals surface area contributed by atoms with Gasteiger partial charge in [-0.05, 0) is 35.1 Å². The van der Waals surface area contributed by atoms with Crippen LogP contribution in [0.25, 0.3) is 0 Å². The van der Waals surface area contributed by atoms with Gasteiger partial charge < -0.3 is 19.3 Å². The molecule has 0 aliphatic heterocycles. The zero-order chi connectivity index (χ0) is 18.2. The molecule has 0 bridgehead atoms. The van der Waals surface area contributed by atoms with Crippen molar-refractivity contribution >= 4 is 0 Å². The maximum absolute atomic E-state index is 10.8. The molecule has 1 N–H and O–H groups in total. The van der Waals surface area contributed by atoms with Crippen molar-refractivity contribution < 1.29 is 19.3 Å². The molecule has 0 heterocycles. The molecule has 0 amide bonds. The fourth-order valence-electron chi connectivity index (χ4n) is 3.00. The number of aliphatic hydroxyl groups excluding tert-OH is 1. The molecule has 0 radical (unpaired) electrons. The molecule has 0 spiro atoms. The van der Waals surface area contributed by atoms with Crippen LogP contribution in [0, 0.1) is 11.8 Å². The lowest BCUT2D eigenvalue weighted by Gasteiger charge is -2.32. The summed E-state index contributed by atoms with van der Waals surface area (Å²) < 4.78 is 16.3. The summed E-state index contributed by atoms with van der Waals surface area (Å²) in [5, 5.41) is 10.8. The Labute approximate surface area is 150 Å². The first-order valence-corrected chi connectivity index (χ1v) is 8.56. The van der Waals surface area contributed by atoms with E-state index in [1.54, 1.807) is 14.2 Å². The largest absolute Gasteiger partial charge is 0.497 e. The number of aliphatic hydroxyl groups is 1. The first-order valence-electron chi connectivity index (χ1n) is 8.56. The Hall–Kier alpha value is -1.88. The Bertz CT molecular complexity index is 612. The van der Waals surface area contributed by atoms with Crippen LogP contribution in [0.5, 0.6) is 5.75 Å². The minimum Gasteiger partial charge on any atom is -0.497 e. The van der Waals surface area contributed by atoms with Crippen molar-refractivity contribution in [2.75, 3.05) is 21.0 Å². The smallest absolute Gasteiger partial charge is 0.147 e. The van der Waals surface area contributed by atoms with Crippen molar-refractivity contribution in [3.8, 4) is 5.75 Å². The van der Waals surface area contributed by atoms with Gasteiger partial charge in [-0.2, -0.15) is 0 Å². The van der Waals surface area contributed by atoms with Crippen molar-refractivity contribution in [2.45, 2.75) is 26.1 Å². The lowest BCUT2D eigenvalue weighted by molar-refractivity contribution is -0.106. The van der Waals surface area contributed by atoms with Gasteiger partial charge in [-0.25, -0.2) is 0 Å². The standard InChI is InChI=1S/C21H28O4/c1-15(20(22)17-8-6-5-7-9-17)16(2)21(25-14-23-3)18-10-12-19(24-4)13-11-18/h5-13,15-16,20-22H,14H2,1-4H3/t15-,16-,20-,21-/m1/s1. The van der Waals surface area contributed by atoms with Gasteiger partial charge in [0.15, 0.2) is 0 Å². The third-order valence-corrected chi connectivity index (χ3v) is 4.76. The number of hydrogen-bond donors (Lipinski definition) is 1. The van der Waals surface area contributed by atoms with E-state index in [2.05, 4.69) is 13.8 Å². The Morgan fingerprint density at radius 2 is 1.48 bits per heavy atom. The first kappa shape index (κ1) is 19.4. The van der Waals surface area contributed by atoms with E-state index in [0.717, 1.165) is 16.9 Å². The van der Waals surface area contributed by atoms with Crippen LogP contribution in [0.2, 0.25) is 0 Å². The SMILES string of the molecule is COCO[C@@H](c1ccc(OC)cc1)[C@H](C)[C@@H](C)[C@@H](O)c1ccccc1. The second-order valence-corrected chi connectivity index (χ2v) is 6.34. The van der Waals surface area contributed by atoms with Crippen LogP contribution >= 0.6 is 0 Å². The monoisotopic (exact) mass is 344 g/mol. The zero-order valence-corrected chi connectivity index (χ0v) is 15.4. The quantitative estimate of drug-likeness (QED) is 0.687. The molecule has 2 aromatic rings. The minimum atomic E-state index is -0.553. The molecule has 0 saturated heterocycles. The molecule has 0 aliphatic rings. The molecule has 2 rings (SSSR count). The highest BCUT2D eigenvalue weighted by atomic mass is 16.7. The first-order chi connectivity index (χ1) is 12.1. The molecule has 0 aromatic heterocycles. The molecular formula is C21H28O4. The van der Waals surface area contributed by atoms with E-state index in [4.69, 9.17) is 14.2 Å². The van der Waals surface area contributed by atoms with Crippen molar-refractivity contribution in [3.05, 3.63) is 65.7 Å². The number of benzene rings is 2. The minimum absolute atomic E-state index is 0.00589. The van der Waals surface area contributed by atoms with Crippen molar-refractivity contribution in [1.82, 2.24) is 0 Å². The van der Waals surface area contributed by atoms with Crippen LogP contribution in [0.4, 0.5) is 0 Å². The summed E-state index contributed by atoms with van der Waals surface area (Å²) in [4.78, 5) is 0. The van der Waals surface area contributed by atoms with Gasteiger partial charge in [-0.3, -0.25) is 0 Å². The van der Waals surface area contributed by atoms with Crippen LogP contribution in [0.15, 0.2) is 54.6 Å². The van der Waals surface area contributed by atoms with Gasteiger partial charge in [-0.1, -0.05) is 56.3 Å². The number of ether oxygens (including phenoxy) is 3. The average molecular weight is 344 g/mol. The summed E-state index contributed by atoms with van der Waals surface area (Å²) in [6.45, 7) is 4.35. The molecule has 4 atom stereocenters. The van der Waals surface area contributed by atoms with Crippen LogP contribution in [0.1, 0.15) is 37.2 Å². The highest BCUT2D eigenvalue weighted by Gasteiger charge is 2.30. The average Bonchev–Trinajstić information content (AvgIpc) is 2.68. The second-order valence-electron chi connectivity index (χ2n) is 6.34. The van der Waals surface area contributed by atoms with E-state index in [1.807, 2.05) is 54.6 Å². The van der Waals surface area contributed by atoms with E-state index >= 15 is 0 Å². The van der Waals surface area contributed by atoms with E-state index in [9.17, 15) is 5.11 Å². The van der Waals surface area contributed by atoms with Crippen molar-refractivity contribution in [2.24, 2.45) is 11.8 Å². The summed E-state index contributed by atoms with van der Waals surface area (Å²) in [5.74, 6) is 0.893. The predicted molar refractivity (Wildman–Crippen MR) is 98.4 cm³/mol. The second kappa shape index (κ2) is 9.56. The normalized spacial score (nSPS) is 16.0. The van der Waals surface area contributed by atoms with Gasteiger partial charge in [0.25, 0.3) is 0 Å². The van der Waals surface area contributed by atoms with Gasteiger partial charge in [0.05, 0.1) is 19.3 Å². The third kappa shape index (κ3) is 5.05. The molecule has 0 aliphatic carbocycles. The number of methoxy groups -OCH3 is 2. The molecule has 0 saturated carbocycles. The predicted octanol–water partition coefficient (Wildman–Crippen LogP) is 4.36. The van der Waals surface area contributed by atoms with E-state index < -0.39 is 6.10 Å². The highest BCUT2D eigenvalue weighted by molar-refractivity contribution is 5.29. The molecule has 4 nitrogen and oxygen atoms in total. The Balaban J connectivity index is 2.19. The van der Waals surface area contributed by atoms with E-state index in [1.165, 1.54) is 0 Å². The van der Waals surface area contributed by atoms with Crippen molar-refractivity contribution in [1.29, 1.82) is 0 Å². The van der Waals surface area contributed by atoms with Crippen LogP contribution in [-0.4, -0.2) is 26.1 Å². The Kier molecular flexibility index (Phi) is 7.44. The zero-order valence-electron chi connectivity index (χ0n) is 15.4. The summed E-state index contributed by atoms with van der Waals surface area (Å²) in [5.41, 5.74) is 1.96. The third-order valence-electron chi connectivity index (χ3n) is 4.76. The van der Waals surface area contributed by atoms with Crippen LogP contribution in [0.3, 0.4) is 0 Å². The fraction of sp³-hybridized carbons (Fsp3) is 0.429. The van der Waals surface area contributed by atoms with Gasteiger partial charge in [-0.15, -0.1) is 0 Å². The lowest BCUT2D eigenvalue weighted by Crippen LogP contribution is -2.25. The molecule has 25 heavy (non-hydrogen) atoms. The maximum Gasteiger partial charge on any atom is 0.147 e. The fourth-order valence-corrected chi connectivity index (χ4v) is 3.00. The lowest BCUT2D eigenvalue weighted by atomic mass is 9.81. The topological polar surface area (TPSA) is 47.9 Å². The van der Waals surface area contributed by atoms with Gasteiger partial charge in [0.2, 0.25) is 0 Å². The van der Waals surface area contributed by atoms with E-state index in [0.29, 0.717) is 0 Å². The molecular weight excluding hydrogens is 316 g/mol. The number of rotatable bonds is 9.